The lowest BCUT2D eigenvalue weighted by Gasteiger charge is -2.34. The predicted molar refractivity (Wildman–Crippen MR) is 87.2 cm³/mol. The third-order valence-electron chi connectivity index (χ3n) is 4.73. The molecule has 5 heteroatoms. The summed E-state index contributed by atoms with van der Waals surface area (Å²) in [5, 5.41) is 12.7. The Morgan fingerprint density at radius 3 is 2.43 bits per heavy atom. The molecule has 1 aliphatic heterocycles. The van der Waals surface area contributed by atoms with Crippen molar-refractivity contribution in [2.45, 2.75) is 44.8 Å². The molecule has 1 aromatic rings. The van der Waals surface area contributed by atoms with Crippen LogP contribution in [0, 0.1) is 5.92 Å². The molecule has 5 nitrogen and oxygen atoms in total. The van der Waals surface area contributed by atoms with E-state index in [0.717, 1.165) is 32.2 Å². The molecule has 2 aliphatic rings. The van der Waals surface area contributed by atoms with Crippen LogP contribution in [-0.2, 0) is 0 Å². The monoisotopic (exact) mass is 316 g/mol. The molecule has 1 saturated heterocycles. The highest BCUT2D eigenvalue weighted by molar-refractivity contribution is 5.98. The van der Waals surface area contributed by atoms with Crippen molar-refractivity contribution in [1.82, 2.24) is 10.2 Å². The van der Waals surface area contributed by atoms with Crippen molar-refractivity contribution >= 4 is 11.8 Å². The fraction of sp³-hybridized carbons (Fsp3) is 0.556. The topological polar surface area (TPSA) is 69.6 Å². The van der Waals surface area contributed by atoms with E-state index in [-0.39, 0.29) is 23.8 Å². The summed E-state index contributed by atoms with van der Waals surface area (Å²) in [6, 6.07) is 7.18. The average Bonchev–Trinajstić information content (AvgIpc) is 3.38. The fourth-order valence-corrected chi connectivity index (χ4v) is 3.03. The third kappa shape index (κ3) is 3.91. The molecule has 0 bridgehead atoms. The quantitative estimate of drug-likeness (QED) is 0.890. The normalized spacial score (nSPS) is 22.5. The van der Waals surface area contributed by atoms with Gasteiger partial charge in [-0.2, -0.15) is 0 Å². The maximum atomic E-state index is 12.6. The molecule has 1 saturated carbocycles. The van der Waals surface area contributed by atoms with Gasteiger partial charge in [-0.25, -0.2) is 0 Å². The Labute approximate surface area is 136 Å². The molecule has 0 radical (unpaired) electrons. The van der Waals surface area contributed by atoms with E-state index in [1.807, 2.05) is 0 Å². The van der Waals surface area contributed by atoms with E-state index in [1.165, 1.54) is 0 Å². The van der Waals surface area contributed by atoms with Crippen LogP contribution in [0.5, 0.6) is 0 Å². The highest BCUT2D eigenvalue weighted by Gasteiger charge is 2.27. The second-order valence-corrected chi connectivity index (χ2v) is 6.72. The number of nitrogens with one attached hydrogen (secondary N) is 1. The Kier molecular flexibility index (Phi) is 4.66. The summed E-state index contributed by atoms with van der Waals surface area (Å²) in [5.41, 5.74) is 1.19. The van der Waals surface area contributed by atoms with Gasteiger partial charge in [-0.3, -0.25) is 9.59 Å². The lowest BCUT2D eigenvalue weighted by molar-refractivity contribution is 0.0466. The molecule has 3 rings (SSSR count). The molecule has 1 heterocycles. The Hall–Kier alpha value is -1.88. The highest BCUT2D eigenvalue weighted by Crippen LogP contribution is 2.22. The summed E-state index contributed by atoms with van der Waals surface area (Å²) in [5.74, 6) is 0.0550. The third-order valence-corrected chi connectivity index (χ3v) is 4.73. The van der Waals surface area contributed by atoms with Gasteiger partial charge in [0.15, 0.2) is 0 Å². The van der Waals surface area contributed by atoms with Crippen LogP contribution in [0.1, 0.15) is 53.3 Å². The zero-order valence-corrected chi connectivity index (χ0v) is 13.5. The van der Waals surface area contributed by atoms with Gasteiger partial charge in [0.05, 0.1) is 6.10 Å². The lowest BCUT2D eigenvalue weighted by Crippen LogP contribution is -2.42. The van der Waals surface area contributed by atoms with Crippen LogP contribution >= 0.6 is 0 Å². The summed E-state index contributed by atoms with van der Waals surface area (Å²) in [7, 11) is 0. The Bertz CT molecular complexity index is 578. The van der Waals surface area contributed by atoms with Crippen molar-refractivity contribution < 1.29 is 14.7 Å². The molecule has 1 aromatic carbocycles. The summed E-state index contributed by atoms with van der Waals surface area (Å²) in [4.78, 5) is 26.3. The number of hydrogen-bond acceptors (Lipinski definition) is 3. The summed E-state index contributed by atoms with van der Waals surface area (Å²) >= 11 is 0. The minimum Gasteiger partial charge on any atom is -0.393 e. The molecular weight excluding hydrogens is 292 g/mol. The number of likely N-dealkylation sites (tertiary alicyclic amines) is 1. The first-order valence-corrected chi connectivity index (χ1v) is 8.43. The van der Waals surface area contributed by atoms with Crippen LogP contribution in [0.4, 0.5) is 0 Å². The lowest BCUT2D eigenvalue weighted by atomic mass is 9.93. The summed E-state index contributed by atoms with van der Waals surface area (Å²) in [6.45, 7) is 3.11. The predicted octanol–water partition coefficient (Wildman–Crippen LogP) is 1.81. The summed E-state index contributed by atoms with van der Waals surface area (Å²) < 4.78 is 0. The van der Waals surface area contributed by atoms with Crippen molar-refractivity contribution in [2.24, 2.45) is 5.92 Å². The molecule has 0 aromatic heterocycles. The molecule has 2 unspecified atom stereocenters. The molecular formula is C18H24N2O3. The number of carbonyl (C=O) groups excluding carboxylic acids is 2. The first-order valence-electron chi connectivity index (χ1n) is 8.43. The largest absolute Gasteiger partial charge is 0.393 e. The number of rotatable bonds is 4. The van der Waals surface area contributed by atoms with E-state index >= 15 is 0 Å². The van der Waals surface area contributed by atoms with Crippen molar-refractivity contribution in [3.8, 4) is 0 Å². The molecule has 2 fully saturated rings. The number of aliphatic hydroxyl groups is 1. The van der Waals surface area contributed by atoms with Crippen LogP contribution in [0.25, 0.3) is 0 Å². The number of piperidine rings is 1. The zero-order chi connectivity index (χ0) is 16.4. The number of amides is 2. The number of benzene rings is 1. The van der Waals surface area contributed by atoms with E-state index in [1.54, 1.807) is 36.1 Å². The minimum absolute atomic E-state index is 0.0236. The number of carbonyl (C=O) groups is 2. The molecule has 23 heavy (non-hydrogen) atoms. The first-order chi connectivity index (χ1) is 11.0. The highest BCUT2D eigenvalue weighted by atomic mass is 16.3. The van der Waals surface area contributed by atoms with Crippen molar-refractivity contribution in [3.63, 3.8) is 0 Å². The van der Waals surface area contributed by atoms with E-state index < -0.39 is 0 Å². The standard InChI is InChI=1S/C18H24N2O3/c1-12(21)15-3-2-10-20(11-15)18(23)14-6-4-13(5-7-14)17(22)19-16-8-9-16/h4-7,12,15-16,21H,2-3,8-11H2,1H3,(H,19,22). The van der Waals surface area contributed by atoms with Gasteiger partial charge in [0.25, 0.3) is 11.8 Å². The Morgan fingerprint density at radius 1 is 1.17 bits per heavy atom. The van der Waals surface area contributed by atoms with E-state index in [4.69, 9.17) is 0 Å². The van der Waals surface area contributed by atoms with E-state index in [9.17, 15) is 14.7 Å². The fourth-order valence-electron chi connectivity index (χ4n) is 3.03. The average molecular weight is 316 g/mol. The smallest absolute Gasteiger partial charge is 0.253 e. The number of aliphatic hydroxyl groups excluding tert-OH is 1. The van der Waals surface area contributed by atoms with E-state index in [2.05, 4.69) is 5.32 Å². The van der Waals surface area contributed by atoms with Crippen LogP contribution in [-0.4, -0.2) is 47.1 Å². The van der Waals surface area contributed by atoms with Crippen molar-refractivity contribution in [2.75, 3.05) is 13.1 Å². The number of hydrogen-bond donors (Lipinski definition) is 2. The molecule has 1 aliphatic carbocycles. The van der Waals surface area contributed by atoms with Gasteiger partial charge >= 0.3 is 0 Å². The number of nitrogens with zero attached hydrogens (tertiary/aromatic N) is 1. The maximum Gasteiger partial charge on any atom is 0.253 e. The first kappa shape index (κ1) is 16.0. The van der Waals surface area contributed by atoms with Gasteiger partial charge in [-0.15, -0.1) is 0 Å². The van der Waals surface area contributed by atoms with Crippen molar-refractivity contribution in [3.05, 3.63) is 35.4 Å². The van der Waals surface area contributed by atoms with Gasteiger partial charge in [-0.1, -0.05) is 0 Å². The molecule has 124 valence electrons. The Morgan fingerprint density at radius 2 is 1.83 bits per heavy atom. The van der Waals surface area contributed by atoms with Gasteiger partial charge < -0.3 is 15.3 Å². The zero-order valence-electron chi connectivity index (χ0n) is 13.5. The van der Waals surface area contributed by atoms with Gasteiger partial charge in [0.2, 0.25) is 0 Å². The van der Waals surface area contributed by atoms with Gasteiger partial charge in [0, 0.05) is 36.2 Å². The van der Waals surface area contributed by atoms with Crippen LogP contribution in [0.3, 0.4) is 0 Å². The molecule has 2 N–H and O–H groups in total. The van der Waals surface area contributed by atoms with Crippen LogP contribution in [0.15, 0.2) is 24.3 Å². The second-order valence-electron chi connectivity index (χ2n) is 6.72. The second kappa shape index (κ2) is 6.71. The molecule has 0 spiro atoms. The van der Waals surface area contributed by atoms with Crippen LogP contribution in [0.2, 0.25) is 0 Å². The maximum absolute atomic E-state index is 12.6. The molecule has 2 atom stereocenters. The van der Waals surface area contributed by atoms with Gasteiger partial charge in [0.1, 0.15) is 0 Å². The summed E-state index contributed by atoms with van der Waals surface area (Å²) in [6.07, 6.45) is 3.60. The van der Waals surface area contributed by atoms with E-state index in [0.29, 0.717) is 23.7 Å². The van der Waals surface area contributed by atoms with Crippen LogP contribution < -0.4 is 5.32 Å². The minimum atomic E-state index is -0.390. The molecule has 2 amide bonds. The Balaban J connectivity index is 1.63. The van der Waals surface area contributed by atoms with Crippen molar-refractivity contribution in [1.29, 1.82) is 0 Å². The van der Waals surface area contributed by atoms with Gasteiger partial charge in [-0.05, 0) is 56.9 Å². The SMILES string of the molecule is CC(O)C1CCCN(C(=O)c2ccc(C(=O)NC3CC3)cc2)C1.